The van der Waals surface area contributed by atoms with Crippen LogP contribution in [0.15, 0.2) is 41.8 Å². The first-order chi connectivity index (χ1) is 16.4. The number of hydrogen-bond donors (Lipinski definition) is 3. The molecule has 0 unspecified atom stereocenters. The number of nitrogens with one attached hydrogen (secondary N) is 1. The van der Waals surface area contributed by atoms with E-state index in [-0.39, 0.29) is 28.3 Å². The number of ether oxygens (including phenoxy) is 1. The first kappa shape index (κ1) is 24.1. The highest BCUT2D eigenvalue weighted by atomic mass is 35.5. The molecule has 4 rings (SSSR count). The second-order valence-electron chi connectivity index (χ2n) is 7.59. The summed E-state index contributed by atoms with van der Waals surface area (Å²) in [5, 5.41) is 5.22. The largest absolute Gasteiger partial charge is 0.395 e. The Morgan fingerprint density at radius 1 is 1.26 bits per heavy atom. The van der Waals surface area contributed by atoms with Crippen LogP contribution in [0.5, 0.6) is 0 Å². The summed E-state index contributed by atoms with van der Waals surface area (Å²) < 4.78 is 9.56. The minimum Gasteiger partial charge on any atom is -0.395 e. The third-order valence-electron chi connectivity index (χ3n) is 5.33. The number of benzene rings is 1. The standard InChI is InChI=1S/C22H22ClN5O4S2/c23-12-5-7-13(8-6-12)28(22(31)19-16(24)17(20(25)29)27-34-19)18(15-4-2-10-33-15)21(30)26-11-14-3-1-9-32-14/h2,4-8,10,14,18H,1,3,9,11,24H2,(H2,25,29)(H,26,30)/t14-,18-/m1/s1. The lowest BCUT2D eigenvalue weighted by atomic mass is 10.1. The van der Waals surface area contributed by atoms with Gasteiger partial charge in [-0.25, -0.2) is 0 Å². The van der Waals surface area contributed by atoms with Crippen LogP contribution in [0.3, 0.4) is 0 Å². The Morgan fingerprint density at radius 3 is 2.62 bits per heavy atom. The van der Waals surface area contributed by atoms with Gasteiger partial charge in [-0.05, 0) is 60.1 Å². The smallest absolute Gasteiger partial charge is 0.273 e. The van der Waals surface area contributed by atoms with Crippen molar-refractivity contribution in [3.63, 3.8) is 0 Å². The van der Waals surface area contributed by atoms with Crippen LogP contribution in [0.1, 0.15) is 43.9 Å². The zero-order chi connectivity index (χ0) is 24.2. The first-order valence-electron chi connectivity index (χ1n) is 10.4. The molecule has 34 heavy (non-hydrogen) atoms. The van der Waals surface area contributed by atoms with Gasteiger partial charge in [0.25, 0.3) is 11.8 Å². The van der Waals surface area contributed by atoms with Gasteiger partial charge in [0.1, 0.15) is 4.88 Å². The van der Waals surface area contributed by atoms with Gasteiger partial charge in [0.15, 0.2) is 11.7 Å². The number of nitrogens with two attached hydrogens (primary N) is 2. The summed E-state index contributed by atoms with van der Waals surface area (Å²) in [4.78, 5) is 41.0. The molecular formula is C22H22ClN5O4S2. The summed E-state index contributed by atoms with van der Waals surface area (Å²) in [6.45, 7) is 0.995. The van der Waals surface area contributed by atoms with Crippen LogP contribution in [-0.2, 0) is 9.53 Å². The van der Waals surface area contributed by atoms with E-state index >= 15 is 0 Å². The number of hydrogen-bond acceptors (Lipinski definition) is 8. The summed E-state index contributed by atoms with van der Waals surface area (Å²) in [7, 11) is 0. The number of anilines is 2. The number of thiophene rings is 1. The lowest BCUT2D eigenvalue weighted by Gasteiger charge is -2.30. The molecule has 12 heteroatoms. The Labute approximate surface area is 208 Å². The average molecular weight is 520 g/mol. The van der Waals surface area contributed by atoms with Crippen LogP contribution in [0.4, 0.5) is 11.4 Å². The van der Waals surface area contributed by atoms with E-state index in [9.17, 15) is 14.4 Å². The van der Waals surface area contributed by atoms with E-state index in [2.05, 4.69) is 9.69 Å². The maximum absolute atomic E-state index is 13.8. The SMILES string of the molecule is NC(=O)c1nsc(C(=O)N(c2ccc(Cl)cc2)[C@@H](C(=O)NC[C@H]2CCCO2)c2cccs2)c1N. The Morgan fingerprint density at radius 2 is 2.03 bits per heavy atom. The van der Waals surface area contributed by atoms with Crippen LogP contribution >= 0.6 is 34.5 Å². The summed E-state index contributed by atoms with van der Waals surface area (Å²) in [6, 6.07) is 9.10. The Balaban J connectivity index is 1.75. The van der Waals surface area contributed by atoms with Crippen molar-refractivity contribution in [1.29, 1.82) is 0 Å². The van der Waals surface area contributed by atoms with E-state index < -0.39 is 17.9 Å². The van der Waals surface area contributed by atoms with Crippen LogP contribution in [0, 0.1) is 0 Å². The summed E-state index contributed by atoms with van der Waals surface area (Å²) in [5.74, 6) is -1.80. The lowest BCUT2D eigenvalue weighted by molar-refractivity contribution is -0.122. The molecule has 1 aliphatic heterocycles. The monoisotopic (exact) mass is 519 g/mol. The highest BCUT2D eigenvalue weighted by Crippen LogP contribution is 2.35. The maximum Gasteiger partial charge on any atom is 0.273 e. The normalized spacial score (nSPS) is 16.2. The first-order valence-corrected chi connectivity index (χ1v) is 12.5. The third-order valence-corrected chi connectivity index (χ3v) is 7.35. The Kier molecular flexibility index (Phi) is 7.47. The molecule has 9 nitrogen and oxygen atoms in total. The van der Waals surface area contributed by atoms with Crippen molar-refractivity contribution in [2.24, 2.45) is 5.73 Å². The maximum atomic E-state index is 13.8. The van der Waals surface area contributed by atoms with Gasteiger partial charge < -0.3 is 21.5 Å². The number of primary amides is 1. The number of halogens is 1. The number of amides is 3. The molecule has 2 atom stereocenters. The molecule has 1 aromatic carbocycles. The molecular weight excluding hydrogens is 498 g/mol. The van der Waals surface area contributed by atoms with E-state index in [0.717, 1.165) is 24.4 Å². The minimum absolute atomic E-state index is 0.0113. The van der Waals surface area contributed by atoms with Gasteiger partial charge in [-0.2, -0.15) is 4.37 Å². The van der Waals surface area contributed by atoms with Crippen molar-refractivity contribution >= 4 is 63.6 Å². The van der Waals surface area contributed by atoms with Gasteiger partial charge in [-0.3, -0.25) is 19.3 Å². The molecule has 0 saturated carbocycles. The van der Waals surface area contributed by atoms with Crippen LogP contribution in [0.2, 0.25) is 5.02 Å². The van der Waals surface area contributed by atoms with Crippen molar-refractivity contribution in [2.45, 2.75) is 25.0 Å². The second kappa shape index (κ2) is 10.5. The molecule has 1 fully saturated rings. The number of nitrogens with zero attached hydrogens (tertiary/aromatic N) is 2. The predicted molar refractivity (Wildman–Crippen MR) is 132 cm³/mol. The Hall–Kier alpha value is -2.99. The average Bonchev–Trinajstić information content (AvgIpc) is 3.58. The van der Waals surface area contributed by atoms with Crippen molar-refractivity contribution in [1.82, 2.24) is 9.69 Å². The number of carbonyl (C=O) groups excluding carboxylic acids is 3. The highest BCUT2D eigenvalue weighted by molar-refractivity contribution is 7.10. The fourth-order valence-electron chi connectivity index (χ4n) is 3.66. The molecule has 0 bridgehead atoms. The molecule has 2 aromatic heterocycles. The van der Waals surface area contributed by atoms with Gasteiger partial charge in [0.05, 0.1) is 11.8 Å². The summed E-state index contributed by atoms with van der Waals surface area (Å²) >= 11 is 8.16. The van der Waals surface area contributed by atoms with E-state index in [1.165, 1.54) is 16.2 Å². The zero-order valence-electron chi connectivity index (χ0n) is 17.9. The lowest BCUT2D eigenvalue weighted by Crippen LogP contribution is -2.45. The number of aromatic nitrogens is 1. The highest BCUT2D eigenvalue weighted by Gasteiger charge is 2.36. The molecule has 1 saturated heterocycles. The fraction of sp³-hybridized carbons (Fsp3) is 0.273. The quantitative estimate of drug-likeness (QED) is 0.417. The van der Waals surface area contributed by atoms with Crippen molar-refractivity contribution in [3.05, 3.63) is 62.2 Å². The van der Waals surface area contributed by atoms with E-state index in [1.54, 1.807) is 36.4 Å². The van der Waals surface area contributed by atoms with Gasteiger partial charge in [-0.15, -0.1) is 11.3 Å². The molecule has 3 heterocycles. The van der Waals surface area contributed by atoms with Crippen molar-refractivity contribution in [2.75, 3.05) is 23.8 Å². The summed E-state index contributed by atoms with van der Waals surface area (Å²) in [6.07, 6.45) is 1.73. The molecule has 1 aliphatic rings. The van der Waals surface area contributed by atoms with Crippen LogP contribution in [-0.4, -0.2) is 41.4 Å². The number of carbonyl (C=O) groups is 3. The van der Waals surface area contributed by atoms with E-state index in [4.69, 9.17) is 27.8 Å². The number of nitrogen functional groups attached to an aromatic ring is 1. The van der Waals surface area contributed by atoms with Gasteiger partial charge in [0.2, 0.25) is 5.91 Å². The van der Waals surface area contributed by atoms with Gasteiger partial charge >= 0.3 is 0 Å². The Bertz CT molecular complexity index is 1180. The predicted octanol–water partition coefficient (Wildman–Crippen LogP) is 3.22. The molecule has 5 N–H and O–H groups in total. The molecule has 178 valence electrons. The molecule has 0 aliphatic carbocycles. The molecule has 3 aromatic rings. The molecule has 0 radical (unpaired) electrons. The summed E-state index contributed by atoms with van der Waals surface area (Å²) in [5.41, 5.74) is 11.5. The topological polar surface area (TPSA) is 141 Å². The minimum atomic E-state index is -1.01. The number of rotatable bonds is 8. The zero-order valence-corrected chi connectivity index (χ0v) is 20.3. The van der Waals surface area contributed by atoms with Crippen molar-refractivity contribution < 1.29 is 19.1 Å². The molecule has 0 spiro atoms. The van der Waals surface area contributed by atoms with E-state index in [1.807, 2.05) is 5.38 Å². The molecule has 3 amide bonds. The third kappa shape index (κ3) is 5.07. The van der Waals surface area contributed by atoms with Gasteiger partial charge in [-0.1, -0.05) is 17.7 Å². The van der Waals surface area contributed by atoms with Gasteiger partial charge in [0, 0.05) is 28.7 Å². The van der Waals surface area contributed by atoms with Crippen LogP contribution in [0.25, 0.3) is 0 Å². The second-order valence-corrected chi connectivity index (χ2v) is 9.78. The van der Waals surface area contributed by atoms with Crippen molar-refractivity contribution in [3.8, 4) is 0 Å². The fourth-order valence-corrected chi connectivity index (χ4v) is 5.34. The van der Waals surface area contributed by atoms with E-state index in [0.29, 0.717) is 28.7 Å². The van der Waals surface area contributed by atoms with Crippen LogP contribution < -0.4 is 21.7 Å².